The Balaban J connectivity index is 1.59. The van der Waals surface area contributed by atoms with Gasteiger partial charge in [-0.1, -0.05) is 32.0 Å². The van der Waals surface area contributed by atoms with E-state index in [-0.39, 0.29) is 17.4 Å². The Bertz CT molecular complexity index is 936. The van der Waals surface area contributed by atoms with E-state index in [1.807, 2.05) is 24.3 Å². The van der Waals surface area contributed by atoms with Gasteiger partial charge in [0.05, 0.1) is 4.90 Å². The van der Waals surface area contributed by atoms with E-state index in [2.05, 4.69) is 19.2 Å². The van der Waals surface area contributed by atoms with Crippen molar-refractivity contribution in [3.05, 3.63) is 54.1 Å². The fourth-order valence-electron chi connectivity index (χ4n) is 3.37. The maximum atomic E-state index is 12.6. The molecule has 0 aliphatic carbocycles. The highest BCUT2D eigenvalue weighted by Gasteiger charge is 2.26. The van der Waals surface area contributed by atoms with Gasteiger partial charge in [0.2, 0.25) is 10.0 Å². The zero-order valence-electron chi connectivity index (χ0n) is 16.9. The molecular formula is C22H28N2O4S. The lowest BCUT2D eigenvalue weighted by Crippen LogP contribution is -2.27. The summed E-state index contributed by atoms with van der Waals surface area (Å²) in [5.41, 5.74) is 1.62. The van der Waals surface area contributed by atoms with E-state index in [1.165, 1.54) is 16.4 Å². The minimum atomic E-state index is -3.45. The number of para-hydroxylation sites is 1. The van der Waals surface area contributed by atoms with Crippen LogP contribution in [0.2, 0.25) is 0 Å². The van der Waals surface area contributed by atoms with Crippen molar-refractivity contribution in [1.82, 2.24) is 4.31 Å². The number of carbonyl (C=O) groups is 1. The van der Waals surface area contributed by atoms with E-state index in [0.29, 0.717) is 30.4 Å². The van der Waals surface area contributed by atoms with Crippen molar-refractivity contribution in [2.75, 3.05) is 25.0 Å². The Morgan fingerprint density at radius 2 is 1.76 bits per heavy atom. The largest absolute Gasteiger partial charge is 0.483 e. The SMILES string of the molecule is CC[C@H](C)c1ccccc1OCC(=O)Nc1ccc(S(=O)(=O)N2CCCC2)cc1. The number of benzene rings is 2. The summed E-state index contributed by atoms with van der Waals surface area (Å²) in [7, 11) is -3.45. The molecule has 0 radical (unpaired) electrons. The van der Waals surface area contributed by atoms with Crippen LogP contribution in [-0.4, -0.2) is 38.3 Å². The summed E-state index contributed by atoms with van der Waals surface area (Å²) in [5, 5.41) is 2.75. The summed E-state index contributed by atoms with van der Waals surface area (Å²) in [6.45, 7) is 5.26. The molecule has 2 aromatic carbocycles. The molecule has 0 spiro atoms. The van der Waals surface area contributed by atoms with Crippen molar-refractivity contribution in [2.45, 2.75) is 43.9 Å². The molecule has 1 atom stereocenters. The van der Waals surface area contributed by atoms with Gasteiger partial charge in [-0.3, -0.25) is 4.79 Å². The third kappa shape index (κ3) is 5.16. The highest BCUT2D eigenvalue weighted by molar-refractivity contribution is 7.89. The van der Waals surface area contributed by atoms with Crippen LogP contribution in [0.25, 0.3) is 0 Å². The third-order valence-electron chi connectivity index (χ3n) is 5.26. The number of carbonyl (C=O) groups excluding carboxylic acids is 1. The summed E-state index contributed by atoms with van der Waals surface area (Å²) in [4.78, 5) is 12.5. The monoisotopic (exact) mass is 416 g/mol. The van der Waals surface area contributed by atoms with Crippen molar-refractivity contribution < 1.29 is 17.9 Å². The van der Waals surface area contributed by atoms with Crippen LogP contribution in [0.15, 0.2) is 53.4 Å². The van der Waals surface area contributed by atoms with Gasteiger partial charge in [0.1, 0.15) is 5.75 Å². The highest BCUT2D eigenvalue weighted by Crippen LogP contribution is 2.28. The van der Waals surface area contributed by atoms with Gasteiger partial charge in [-0.15, -0.1) is 0 Å². The number of hydrogen-bond acceptors (Lipinski definition) is 4. The molecule has 1 fully saturated rings. The normalized spacial score (nSPS) is 15.8. The first-order valence-corrected chi connectivity index (χ1v) is 11.5. The second kappa shape index (κ2) is 9.41. The Hall–Kier alpha value is -2.38. The first-order chi connectivity index (χ1) is 13.9. The number of nitrogens with zero attached hydrogens (tertiary/aromatic N) is 1. The van der Waals surface area contributed by atoms with Gasteiger partial charge >= 0.3 is 0 Å². The van der Waals surface area contributed by atoms with Gasteiger partial charge in [-0.2, -0.15) is 4.31 Å². The lowest BCUT2D eigenvalue weighted by molar-refractivity contribution is -0.118. The standard InChI is InChI=1S/C22H28N2O4S/c1-3-17(2)20-8-4-5-9-21(20)28-16-22(25)23-18-10-12-19(13-11-18)29(26,27)24-14-6-7-15-24/h4-5,8-13,17H,3,6-7,14-16H2,1-2H3,(H,23,25)/t17-/m0/s1. The fourth-order valence-corrected chi connectivity index (χ4v) is 4.88. The van der Waals surface area contributed by atoms with Gasteiger partial charge < -0.3 is 10.1 Å². The molecule has 0 bridgehead atoms. The van der Waals surface area contributed by atoms with Crippen LogP contribution in [0.4, 0.5) is 5.69 Å². The second-order valence-corrected chi connectivity index (χ2v) is 9.26. The van der Waals surface area contributed by atoms with E-state index in [1.54, 1.807) is 12.1 Å². The third-order valence-corrected chi connectivity index (χ3v) is 7.17. The summed E-state index contributed by atoms with van der Waals surface area (Å²) in [5.74, 6) is 0.766. The molecule has 6 nitrogen and oxygen atoms in total. The quantitative estimate of drug-likeness (QED) is 0.706. The molecule has 3 rings (SSSR count). The van der Waals surface area contributed by atoms with E-state index < -0.39 is 10.0 Å². The highest BCUT2D eigenvalue weighted by atomic mass is 32.2. The zero-order chi connectivity index (χ0) is 20.9. The van der Waals surface area contributed by atoms with Crippen LogP contribution in [0, 0.1) is 0 Å². The van der Waals surface area contributed by atoms with Gasteiger partial charge in [-0.05, 0) is 61.1 Å². The molecule has 0 unspecified atom stereocenters. The molecule has 1 heterocycles. The van der Waals surface area contributed by atoms with Gasteiger partial charge in [0, 0.05) is 18.8 Å². The molecule has 2 aromatic rings. The lowest BCUT2D eigenvalue weighted by atomic mass is 9.98. The number of hydrogen-bond donors (Lipinski definition) is 1. The van der Waals surface area contributed by atoms with Crippen molar-refractivity contribution >= 4 is 21.6 Å². The van der Waals surface area contributed by atoms with E-state index in [9.17, 15) is 13.2 Å². The Kier molecular flexibility index (Phi) is 6.92. The molecule has 7 heteroatoms. The average molecular weight is 417 g/mol. The van der Waals surface area contributed by atoms with Gasteiger partial charge in [0.25, 0.3) is 5.91 Å². The number of ether oxygens (including phenoxy) is 1. The van der Waals surface area contributed by atoms with E-state index in [0.717, 1.165) is 24.8 Å². The topological polar surface area (TPSA) is 75.7 Å². The van der Waals surface area contributed by atoms with Gasteiger partial charge in [-0.25, -0.2) is 8.42 Å². The number of amides is 1. The van der Waals surface area contributed by atoms with Crippen LogP contribution in [0.1, 0.15) is 44.6 Å². The van der Waals surface area contributed by atoms with Crippen molar-refractivity contribution in [2.24, 2.45) is 0 Å². The maximum absolute atomic E-state index is 12.6. The van der Waals surface area contributed by atoms with E-state index in [4.69, 9.17) is 4.74 Å². The number of sulfonamides is 1. The first kappa shape index (κ1) is 21.3. The summed E-state index contributed by atoms with van der Waals surface area (Å²) in [6.07, 6.45) is 2.78. The van der Waals surface area contributed by atoms with E-state index >= 15 is 0 Å². The summed E-state index contributed by atoms with van der Waals surface area (Å²) in [6, 6.07) is 14.0. The average Bonchev–Trinajstić information content (AvgIpc) is 3.28. The number of anilines is 1. The van der Waals surface area contributed by atoms with Crippen molar-refractivity contribution in [1.29, 1.82) is 0 Å². The predicted octanol–water partition coefficient (Wildman–Crippen LogP) is 4.00. The van der Waals surface area contributed by atoms with Crippen LogP contribution in [-0.2, 0) is 14.8 Å². The number of nitrogens with one attached hydrogen (secondary N) is 1. The Morgan fingerprint density at radius 3 is 2.41 bits per heavy atom. The van der Waals surface area contributed by atoms with Crippen molar-refractivity contribution in [3.8, 4) is 5.75 Å². The molecule has 0 aromatic heterocycles. The predicted molar refractivity (Wildman–Crippen MR) is 114 cm³/mol. The van der Waals surface area contributed by atoms with Crippen LogP contribution in [0.5, 0.6) is 5.75 Å². The maximum Gasteiger partial charge on any atom is 0.262 e. The second-order valence-electron chi connectivity index (χ2n) is 7.32. The molecule has 0 saturated carbocycles. The lowest BCUT2D eigenvalue weighted by Gasteiger charge is -2.16. The number of rotatable bonds is 8. The Labute approximate surface area is 172 Å². The molecule has 156 valence electrons. The van der Waals surface area contributed by atoms with Crippen LogP contribution < -0.4 is 10.1 Å². The summed E-state index contributed by atoms with van der Waals surface area (Å²) >= 11 is 0. The summed E-state index contributed by atoms with van der Waals surface area (Å²) < 4.78 is 32.3. The van der Waals surface area contributed by atoms with Gasteiger partial charge in [0.15, 0.2) is 6.61 Å². The molecular weight excluding hydrogens is 388 g/mol. The first-order valence-electron chi connectivity index (χ1n) is 10.0. The Morgan fingerprint density at radius 1 is 1.10 bits per heavy atom. The minimum Gasteiger partial charge on any atom is -0.483 e. The zero-order valence-corrected chi connectivity index (χ0v) is 17.7. The molecule has 1 aliphatic rings. The van der Waals surface area contributed by atoms with Crippen LogP contribution in [0.3, 0.4) is 0 Å². The van der Waals surface area contributed by atoms with Crippen LogP contribution >= 0.6 is 0 Å². The molecule has 1 aliphatic heterocycles. The molecule has 1 saturated heterocycles. The smallest absolute Gasteiger partial charge is 0.262 e. The molecule has 1 amide bonds. The molecule has 1 N–H and O–H groups in total. The van der Waals surface area contributed by atoms with Crippen molar-refractivity contribution in [3.63, 3.8) is 0 Å². The minimum absolute atomic E-state index is 0.110. The molecule has 29 heavy (non-hydrogen) atoms. The fraction of sp³-hybridized carbons (Fsp3) is 0.409.